The van der Waals surface area contributed by atoms with Gasteiger partial charge in [-0.3, -0.25) is 0 Å². The van der Waals surface area contributed by atoms with Crippen LogP contribution in [0, 0.1) is 5.82 Å². The zero-order valence-electron chi connectivity index (χ0n) is 9.99. The Morgan fingerprint density at radius 1 is 1.44 bits per heavy atom. The number of hydrogen-bond donors (Lipinski definition) is 1. The molecule has 1 aromatic carbocycles. The molecule has 3 nitrogen and oxygen atoms in total. The second-order valence-electron chi connectivity index (χ2n) is 4.57. The van der Waals surface area contributed by atoms with Gasteiger partial charge in [0.25, 0.3) is 0 Å². The van der Waals surface area contributed by atoms with Gasteiger partial charge < -0.3 is 5.32 Å². The third-order valence-electron chi connectivity index (χ3n) is 3.14. The first-order chi connectivity index (χ1) is 8.41. The monoisotopic (exact) mass is 335 g/mol. The summed E-state index contributed by atoms with van der Waals surface area (Å²) in [7, 11) is -3.12. The molecule has 2 atom stereocenters. The topological polar surface area (TPSA) is 46.2 Å². The summed E-state index contributed by atoms with van der Waals surface area (Å²) in [5.74, 6) is -0.283. The zero-order chi connectivity index (χ0) is 13.3. The summed E-state index contributed by atoms with van der Waals surface area (Å²) in [5.41, 5.74) is 0.408. The second-order valence-corrected chi connectivity index (χ2v) is 7.64. The Kier molecular flexibility index (Phi) is 4.08. The average Bonchev–Trinajstić information content (AvgIpc) is 2.30. The molecule has 1 aliphatic rings. The maximum atomic E-state index is 13.8. The van der Waals surface area contributed by atoms with Crippen LogP contribution in [0.3, 0.4) is 0 Å². The van der Waals surface area contributed by atoms with E-state index in [0.29, 0.717) is 12.0 Å². The van der Waals surface area contributed by atoms with Crippen molar-refractivity contribution < 1.29 is 12.8 Å². The van der Waals surface area contributed by atoms with Crippen molar-refractivity contribution in [2.45, 2.75) is 25.4 Å². The van der Waals surface area contributed by atoms with Crippen molar-refractivity contribution in [3.8, 4) is 0 Å². The molecule has 0 saturated carbocycles. The Bertz CT molecular complexity index is 547. The normalized spacial score (nSPS) is 27.1. The smallest absolute Gasteiger partial charge is 0.153 e. The first-order valence-electron chi connectivity index (χ1n) is 5.82. The van der Waals surface area contributed by atoms with Gasteiger partial charge in [-0.05, 0) is 24.6 Å². The number of halogens is 2. The summed E-state index contributed by atoms with van der Waals surface area (Å²) < 4.78 is 38.2. The van der Waals surface area contributed by atoms with Crippen LogP contribution in [-0.4, -0.2) is 26.0 Å². The molecule has 1 aliphatic heterocycles. The second kappa shape index (κ2) is 5.27. The third kappa shape index (κ3) is 3.10. The number of rotatable bonds is 2. The summed E-state index contributed by atoms with van der Waals surface area (Å²) in [6.07, 6.45) is 0.714. The first-order valence-corrected chi connectivity index (χ1v) is 8.44. The standard InChI is InChI=1S/C12H15BrFNO2S/c1-2-9-6-18(16,17)7-12(15-9)10-5-8(13)3-4-11(10)14/h3-5,9,12,15H,2,6-7H2,1H3. The van der Waals surface area contributed by atoms with E-state index in [1.807, 2.05) is 6.92 Å². The molecule has 1 heterocycles. The lowest BCUT2D eigenvalue weighted by molar-refractivity contribution is 0.429. The van der Waals surface area contributed by atoms with Crippen molar-refractivity contribution >= 4 is 25.8 Å². The van der Waals surface area contributed by atoms with E-state index in [9.17, 15) is 12.8 Å². The fraction of sp³-hybridized carbons (Fsp3) is 0.500. The van der Waals surface area contributed by atoms with Gasteiger partial charge in [0, 0.05) is 22.1 Å². The maximum absolute atomic E-state index is 13.8. The van der Waals surface area contributed by atoms with Gasteiger partial charge >= 0.3 is 0 Å². The number of benzene rings is 1. The van der Waals surface area contributed by atoms with E-state index in [-0.39, 0.29) is 23.4 Å². The van der Waals surface area contributed by atoms with Gasteiger partial charge in [0.15, 0.2) is 9.84 Å². The van der Waals surface area contributed by atoms with Crippen LogP contribution in [0.5, 0.6) is 0 Å². The zero-order valence-corrected chi connectivity index (χ0v) is 12.4. The Hall–Kier alpha value is -0.460. The Morgan fingerprint density at radius 2 is 2.17 bits per heavy atom. The van der Waals surface area contributed by atoms with E-state index in [1.165, 1.54) is 6.07 Å². The van der Waals surface area contributed by atoms with Gasteiger partial charge in [0.1, 0.15) is 5.82 Å². The van der Waals surface area contributed by atoms with Crippen LogP contribution < -0.4 is 5.32 Å². The highest BCUT2D eigenvalue weighted by Crippen LogP contribution is 2.26. The number of hydrogen-bond acceptors (Lipinski definition) is 3. The van der Waals surface area contributed by atoms with Crippen LogP contribution in [0.2, 0.25) is 0 Å². The van der Waals surface area contributed by atoms with Gasteiger partial charge in [0.2, 0.25) is 0 Å². The van der Waals surface area contributed by atoms with E-state index in [2.05, 4.69) is 21.2 Å². The maximum Gasteiger partial charge on any atom is 0.153 e. The molecular formula is C12H15BrFNO2S. The summed E-state index contributed by atoms with van der Waals surface area (Å²) in [5, 5.41) is 3.20. The molecule has 0 aromatic heterocycles. The van der Waals surface area contributed by atoms with Gasteiger partial charge in [-0.2, -0.15) is 0 Å². The first kappa shape index (κ1) is 14.0. The van der Waals surface area contributed by atoms with E-state index in [0.717, 1.165) is 4.47 Å². The predicted octanol–water partition coefficient (Wildman–Crippen LogP) is 2.43. The van der Waals surface area contributed by atoms with Crippen LogP contribution in [0.4, 0.5) is 4.39 Å². The highest BCUT2D eigenvalue weighted by Gasteiger charge is 2.32. The van der Waals surface area contributed by atoms with E-state index in [4.69, 9.17) is 0 Å². The highest BCUT2D eigenvalue weighted by atomic mass is 79.9. The van der Waals surface area contributed by atoms with Crippen molar-refractivity contribution in [3.63, 3.8) is 0 Å². The highest BCUT2D eigenvalue weighted by molar-refractivity contribution is 9.10. The Morgan fingerprint density at radius 3 is 2.83 bits per heavy atom. The molecule has 6 heteroatoms. The Labute approximate surface area is 115 Å². The van der Waals surface area contributed by atoms with Crippen molar-refractivity contribution in [3.05, 3.63) is 34.1 Å². The van der Waals surface area contributed by atoms with Crippen molar-refractivity contribution in [1.82, 2.24) is 5.32 Å². The molecule has 2 unspecified atom stereocenters. The summed E-state index contributed by atoms with van der Waals surface area (Å²) in [4.78, 5) is 0. The molecular weight excluding hydrogens is 321 g/mol. The van der Waals surface area contributed by atoms with Crippen LogP contribution in [-0.2, 0) is 9.84 Å². The van der Waals surface area contributed by atoms with Crippen LogP contribution in [0.15, 0.2) is 22.7 Å². The molecule has 1 saturated heterocycles. The summed E-state index contributed by atoms with van der Waals surface area (Å²) in [6.45, 7) is 1.92. The fourth-order valence-electron chi connectivity index (χ4n) is 2.21. The lowest BCUT2D eigenvalue weighted by Crippen LogP contribution is -2.47. The lowest BCUT2D eigenvalue weighted by Gasteiger charge is -2.30. The molecule has 1 fully saturated rings. The van der Waals surface area contributed by atoms with Gasteiger partial charge in [-0.25, -0.2) is 12.8 Å². The van der Waals surface area contributed by atoms with E-state index < -0.39 is 15.9 Å². The summed E-state index contributed by atoms with van der Waals surface area (Å²) in [6, 6.07) is 4.02. The molecule has 0 aliphatic carbocycles. The molecule has 0 amide bonds. The lowest BCUT2D eigenvalue weighted by atomic mass is 10.1. The number of sulfone groups is 1. The predicted molar refractivity (Wildman–Crippen MR) is 72.7 cm³/mol. The molecule has 100 valence electrons. The number of nitrogens with one attached hydrogen (secondary N) is 1. The minimum absolute atomic E-state index is 0.0448. The minimum Gasteiger partial charge on any atom is -0.305 e. The molecule has 18 heavy (non-hydrogen) atoms. The fourth-order valence-corrected chi connectivity index (χ4v) is 4.45. The van der Waals surface area contributed by atoms with Crippen LogP contribution >= 0.6 is 15.9 Å². The van der Waals surface area contributed by atoms with Gasteiger partial charge in [0.05, 0.1) is 11.5 Å². The van der Waals surface area contributed by atoms with Crippen LogP contribution in [0.25, 0.3) is 0 Å². The average molecular weight is 336 g/mol. The molecule has 1 N–H and O–H groups in total. The van der Waals surface area contributed by atoms with Crippen LogP contribution in [0.1, 0.15) is 24.9 Å². The largest absolute Gasteiger partial charge is 0.305 e. The quantitative estimate of drug-likeness (QED) is 0.902. The van der Waals surface area contributed by atoms with Crippen molar-refractivity contribution in [2.24, 2.45) is 0 Å². The van der Waals surface area contributed by atoms with Gasteiger partial charge in [-0.15, -0.1) is 0 Å². The minimum atomic E-state index is -3.12. The summed E-state index contributed by atoms with van der Waals surface area (Å²) >= 11 is 3.28. The van der Waals surface area contributed by atoms with Crippen molar-refractivity contribution in [2.75, 3.05) is 11.5 Å². The van der Waals surface area contributed by atoms with E-state index >= 15 is 0 Å². The third-order valence-corrected chi connectivity index (χ3v) is 5.38. The Balaban J connectivity index is 2.34. The molecule has 0 radical (unpaired) electrons. The molecule has 0 bridgehead atoms. The van der Waals surface area contributed by atoms with E-state index in [1.54, 1.807) is 12.1 Å². The molecule has 2 rings (SSSR count). The van der Waals surface area contributed by atoms with Crippen molar-refractivity contribution in [1.29, 1.82) is 0 Å². The SMILES string of the molecule is CCC1CS(=O)(=O)CC(c2cc(Br)ccc2F)N1. The molecule has 0 spiro atoms. The van der Waals surface area contributed by atoms with Gasteiger partial charge in [-0.1, -0.05) is 22.9 Å². The molecule has 1 aromatic rings.